The van der Waals surface area contributed by atoms with Crippen molar-refractivity contribution in [2.75, 3.05) is 6.54 Å². The lowest BCUT2D eigenvalue weighted by Crippen LogP contribution is -2.37. The van der Waals surface area contributed by atoms with Crippen LogP contribution in [-0.2, 0) is 19.5 Å². The van der Waals surface area contributed by atoms with E-state index < -0.39 is 0 Å². The zero-order valence-corrected chi connectivity index (χ0v) is 16.3. The topological polar surface area (TPSA) is 15.3 Å². The van der Waals surface area contributed by atoms with Crippen LogP contribution in [0.2, 0.25) is 0 Å². The maximum Gasteiger partial charge on any atom is 0.0430 e. The Hall–Kier alpha value is -2.84. The lowest BCUT2D eigenvalue weighted by Gasteiger charge is -2.33. The van der Waals surface area contributed by atoms with Gasteiger partial charge in [-0.15, -0.1) is 0 Å². The molecule has 0 fully saturated rings. The van der Waals surface area contributed by atoms with E-state index in [1.165, 1.54) is 22.4 Å². The molecule has 1 aliphatic heterocycles. The molecule has 2 nitrogen and oxygen atoms in total. The first-order chi connectivity index (χ1) is 13.9. The molecule has 3 aromatic rings. The van der Waals surface area contributed by atoms with E-state index in [9.17, 15) is 0 Å². The van der Waals surface area contributed by atoms with E-state index in [0.717, 1.165) is 32.5 Å². The summed E-state index contributed by atoms with van der Waals surface area (Å²) in [5, 5.41) is 3.68. The normalized spacial score (nSPS) is 16.4. The predicted molar refractivity (Wildman–Crippen MR) is 117 cm³/mol. The summed E-state index contributed by atoms with van der Waals surface area (Å²) in [5.41, 5.74) is 5.55. The molecule has 0 radical (unpaired) electrons. The Morgan fingerprint density at radius 1 is 0.679 bits per heavy atom. The van der Waals surface area contributed by atoms with E-state index in [2.05, 4.69) is 107 Å². The largest absolute Gasteiger partial charge is 0.366 e. The molecule has 0 spiro atoms. The molecule has 1 heterocycles. The van der Waals surface area contributed by atoms with Crippen LogP contribution in [0.15, 0.2) is 103 Å². The highest BCUT2D eigenvalue weighted by atomic mass is 15.1. The zero-order valence-electron chi connectivity index (χ0n) is 16.3. The molecule has 3 aromatic carbocycles. The standard InChI is InChI=1S/C26H28N2/c1-4-10-22(11-5-1)18-25-19-26(16-17-27-25)28(20-23-12-6-2-7-13-23)21-24-14-8-3-9-15-24/h1-15,19,25,27H,16-18,20-21H2. The summed E-state index contributed by atoms with van der Waals surface area (Å²) in [6.45, 7) is 2.92. The number of benzene rings is 3. The zero-order chi connectivity index (χ0) is 19.0. The third-order valence-electron chi connectivity index (χ3n) is 5.32. The highest BCUT2D eigenvalue weighted by Gasteiger charge is 2.18. The first kappa shape index (κ1) is 18.5. The number of rotatable bonds is 7. The van der Waals surface area contributed by atoms with Gasteiger partial charge in [-0.25, -0.2) is 0 Å². The number of nitrogens with one attached hydrogen (secondary N) is 1. The second-order valence-corrected chi connectivity index (χ2v) is 7.49. The molecule has 1 atom stereocenters. The van der Waals surface area contributed by atoms with Crippen molar-refractivity contribution in [1.82, 2.24) is 10.2 Å². The molecule has 0 saturated heterocycles. The summed E-state index contributed by atoms with van der Waals surface area (Å²) in [6, 6.07) is 32.7. The van der Waals surface area contributed by atoms with Crippen molar-refractivity contribution in [1.29, 1.82) is 0 Å². The molecular formula is C26H28N2. The Morgan fingerprint density at radius 3 is 1.71 bits per heavy atom. The molecule has 1 N–H and O–H groups in total. The highest BCUT2D eigenvalue weighted by molar-refractivity contribution is 5.23. The summed E-state index contributed by atoms with van der Waals surface area (Å²) in [7, 11) is 0. The lowest BCUT2D eigenvalue weighted by molar-refractivity contribution is 0.303. The van der Waals surface area contributed by atoms with Gasteiger partial charge in [0.25, 0.3) is 0 Å². The van der Waals surface area contributed by atoms with Crippen LogP contribution in [0.3, 0.4) is 0 Å². The van der Waals surface area contributed by atoms with Crippen LogP contribution in [0.4, 0.5) is 0 Å². The van der Waals surface area contributed by atoms with Gasteiger partial charge in [-0.2, -0.15) is 0 Å². The average molecular weight is 369 g/mol. The fourth-order valence-electron chi connectivity index (χ4n) is 3.89. The van der Waals surface area contributed by atoms with Crippen molar-refractivity contribution in [3.63, 3.8) is 0 Å². The molecule has 142 valence electrons. The van der Waals surface area contributed by atoms with E-state index >= 15 is 0 Å². The minimum absolute atomic E-state index is 0.389. The average Bonchev–Trinajstić information content (AvgIpc) is 2.76. The molecule has 0 saturated carbocycles. The van der Waals surface area contributed by atoms with Crippen LogP contribution >= 0.6 is 0 Å². The predicted octanol–water partition coefficient (Wildman–Crippen LogP) is 5.18. The third kappa shape index (κ3) is 5.11. The van der Waals surface area contributed by atoms with E-state index in [-0.39, 0.29) is 0 Å². The van der Waals surface area contributed by atoms with Gasteiger partial charge < -0.3 is 10.2 Å². The van der Waals surface area contributed by atoms with Crippen LogP contribution in [0, 0.1) is 0 Å². The van der Waals surface area contributed by atoms with Gasteiger partial charge in [0.15, 0.2) is 0 Å². The van der Waals surface area contributed by atoms with Gasteiger partial charge in [-0.3, -0.25) is 0 Å². The number of nitrogens with zero attached hydrogens (tertiary/aromatic N) is 1. The van der Waals surface area contributed by atoms with Gasteiger partial charge in [0.05, 0.1) is 0 Å². The van der Waals surface area contributed by atoms with Crippen molar-refractivity contribution in [2.24, 2.45) is 0 Å². The van der Waals surface area contributed by atoms with Crippen LogP contribution in [0.1, 0.15) is 23.1 Å². The van der Waals surface area contributed by atoms with Gasteiger partial charge in [0, 0.05) is 31.4 Å². The molecule has 0 aliphatic carbocycles. The summed E-state index contributed by atoms with van der Waals surface area (Å²) in [6.07, 6.45) is 4.56. The fourth-order valence-corrected chi connectivity index (χ4v) is 3.89. The van der Waals surface area contributed by atoms with Crippen LogP contribution < -0.4 is 5.32 Å². The van der Waals surface area contributed by atoms with Gasteiger partial charge in [0.2, 0.25) is 0 Å². The second-order valence-electron chi connectivity index (χ2n) is 7.49. The molecule has 28 heavy (non-hydrogen) atoms. The summed E-state index contributed by atoms with van der Waals surface area (Å²) in [4.78, 5) is 2.55. The van der Waals surface area contributed by atoms with E-state index in [0.29, 0.717) is 6.04 Å². The summed E-state index contributed by atoms with van der Waals surface area (Å²) in [5.74, 6) is 0. The van der Waals surface area contributed by atoms with E-state index in [1.54, 1.807) is 0 Å². The van der Waals surface area contributed by atoms with Crippen LogP contribution in [0.25, 0.3) is 0 Å². The highest BCUT2D eigenvalue weighted by Crippen LogP contribution is 2.21. The Labute approximate surface area is 168 Å². The minimum Gasteiger partial charge on any atom is -0.366 e. The molecule has 4 rings (SSSR count). The first-order valence-corrected chi connectivity index (χ1v) is 10.2. The SMILES string of the molecule is C1=C(N(Cc2ccccc2)Cc2ccccc2)CCNC1Cc1ccccc1. The third-order valence-corrected chi connectivity index (χ3v) is 5.32. The van der Waals surface area contributed by atoms with Crippen LogP contribution in [-0.4, -0.2) is 17.5 Å². The Balaban J connectivity index is 1.55. The van der Waals surface area contributed by atoms with Crippen LogP contribution in [0.5, 0.6) is 0 Å². The molecule has 0 amide bonds. The van der Waals surface area contributed by atoms with E-state index in [1.807, 2.05) is 0 Å². The van der Waals surface area contributed by atoms with Crippen molar-refractivity contribution in [2.45, 2.75) is 32.0 Å². The number of hydrogen-bond donors (Lipinski definition) is 1. The van der Waals surface area contributed by atoms with Gasteiger partial charge in [-0.1, -0.05) is 91.0 Å². The Kier molecular flexibility index (Phi) is 6.21. The Morgan fingerprint density at radius 2 is 1.18 bits per heavy atom. The quantitative estimate of drug-likeness (QED) is 0.618. The maximum atomic E-state index is 3.68. The number of hydrogen-bond acceptors (Lipinski definition) is 2. The molecular weight excluding hydrogens is 340 g/mol. The van der Waals surface area contributed by atoms with Crippen molar-refractivity contribution >= 4 is 0 Å². The van der Waals surface area contributed by atoms with Crippen molar-refractivity contribution in [3.8, 4) is 0 Å². The van der Waals surface area contributed by atoms with Crippen molar-refractivity contribution < 1.29 is 0 Å². The van der Waals surface area contributed by atoms with Gasteiger partial charge >= 0.3 is 0 Å². The fraction of sp³-hybridized carbons (Fsp3) is 0.231. The maximum absolute atomic E-state index is 3.68. The second kappa shape index (κ2) is 9.38. The monoisotopic (exact) mass is 368 g/mol. The smallest absolute Gasteiger partial charge is 0.0430 e. The van der Waals surface area contributed by atoms with Gasteiger partial charge in [0.1, 0.15) is 0 Å². The Bertz CT molecular complexity index is 831. The minimum atomic E-state index is 0.389. The summed E-state index contributed by atoms with van der Waals surface area (Å²) < 4.78 is 0. The molecule has 1 aliphatic rings. The summed E-state index contributed by atoms with van der Waals surface area (Å²) >= 11 is 0. The first-order valence-electron chi connectivity index (χ1n) is 10.2. The van der Waals surface area contributed by atoms with Gasteiger partial charge in [-0.05, 0) is 35.6 Å². The van der Waals surface area contributed by atoms with Crippen molar-refractivity contribution in [3.05, 3.63) is 119 Å². The molecule has 0 aromatic heterocycles. The molecule has 0 bridgehead atoms. The lowest BCUT2D eigenvalue weighted by atomic mass is 10.0. The van der Waals surface area contributed by atoms with E-state index in [4.69, 9.17) is 0 Å². The molecule has 2 heteroatoms. The molecule has 1 unspecified atom stereocenters.